The van der Waals surface area contributed by atoms with E-state index in [4.69, 9.17) is 5.73 Å². The van der Waals surface area contributed by atoms with Gasteiger partial charge in [0.1, 0.15) is 5.75 Å². The largest absolute Gasteiger partial charge is 0.507 e. The Bertz CT molecular complexity index is 1340. The van der Waals surface area contributed by atoms with Crippen LogP contribution in [0.1, 0.15) is 53.2 Å². The third kappa shape index (κ3) is 4.40. The molecule has 0 radical (unpaired) electrons. The van der Waals surface area contributed by atoms with Crippen LogP contribution in [0.3, 0.4) is 0 Å². The van der Waals surface area contributed by atoms with Crippen LogP contribution in [0.15, 0.2) is 54.6 Å². The molecule has 7 heteroatoms. The monoisotopic (exact) mass is 454 g/mol. The van der Waals surface area contributed by atoms with Crippen LogP contribution >= 0.6 is 0 Å². The van der Waals surface area contributed by atoms with Gasteiger partial charge in [0, 0.05) is 17.5 Å². The molecule has 172 valence electrons. The van der Waals surface area contributed by atoms with Crippen LogP contribution in [0.2, 0.25) is 0 Å². The van der Waals surface area contributed by atoms with E-state index in [9.17, 15) is 23.1 Å². The maximum Gasteiger partial charge on any atom is 0.416 e. The predicted molar refractivity (Wildman–Crippen MR) is 123 cm³/mol. The van der Waals surface area contributed by atoms with E-state index >= 15 is 0 Å². The number of carbonyl (C=O) groups excluding carboxylic acids is 1. The zero-order valence-corrected chi connectivity index (χ0v) is 18.2. The highest BCUT2D eigenvalue weighted by molar-refractivity contribution is 6.19. The minimum absolute atomic E-state index is 0.0282. The molecule has 4 nitrogen and oxygen atoms in total. The average Bonchev–Trinajstić information content (AvgIpc) is 3.07. The molecule has 1 amide bonds. The maximum atomic E-state index is 13.3. The van der Waals surface area contributed by atoms with Crippen molar-refractivity contribution >= 4 is 27.7 Å². The third-order valence-corrected chi connectivity index (χ3v) is 5.96. The number of nitrogens with zero attached hydrogens (tertiary/aromatic N) is 1. The van der Waals surface area contributed by atoms with Crippen LogP contribution in [0, 0.1) is 0 Å². The van der Waals surface area contributed by atoms with Crippen molar-refractivity contribution in [3.8, 4) is 5.75 Å². The van der Waals surface area contributed by atoms with Crippen molar-refractivity contribution in [2.24, 2.45) is 5.73 Å². The number of hydrogen-bond acceptors (Lipinski definition) is 2. The van der Waals surface area contributed by atoms with Crippen LogP contribution in [-0.4, -0.2) is 15.6 Å². The summed E-state index contributed by atoms with van der Waals surface area (Å²) in [5.74, 6) is -0.606. The Balaban J connectivity index is 1.95. The van der Waals surface area contributed by atoms with Crippen molar-refractivity contribution in [2.45, 2.75) is 45.3 Å². The summed E-state index contributed by atoms with van der Waals surface area (Å²) in [5, 5.41) is 11.9. The highest BCUT2D eigenvalue weighted by Gasteiger charge is 2.30. The number of primary amides is 1. The quantitative estimate of drug-likeness (QED) is 0.317. The SMILES string of the molecule is CCCCCc1cc(O)c2c3c(C(N)=O)cccc3n(Cc3cccc(C(F)(F)F)c3)c2c1. The first-order chi connectivity index (χ1) is 15.7. The number of nitrogens with two attached hydrogens (primary N) is 1. The molecule has 3 N–H and O–H groups in total. The van der Waals surface area contributed by atoms with Crippen LogP contribution < -0.4 is 5.73 Å². The second kappa shape index (κ2) is 8.81. The van der Waals surface area contributed by atoms with Gasteiger partial charge in [0.2, 0.25) is 5.91 Å². The molecule has 0 spiro atoms. The fraction of sp³-hybridized carbons (Fsp3) is 0.269. The topological polar surface area (TPSA) is 68.2 Å². The fourth-order valence-corrected chi connectivity index (χ4v) is 4.42. The average molecular weight is 454 g/mol. The lowest BCUT2D eigenvalue weighted by molar-refractivity contribution is -0.137. The number of aromatic nitrogens is 1. The molecule has 0 saturated carbocycles. The van der Waals surface area contributed by atoms with Crippen molar-refractivity contribution in [1.29, 1.82) is 0 Å². The van der Waals surface area contributed by atoms with Crippen LogP contribution in [0.25, 0.3) is 21.8 Å². The maximum absolute atomic E-state index is 13.3. The van der Waals surface area contributed by atoms with Crippen molar-refractivity contribution in [1.82, 2.24) is 4.57 Å². The molecular weight excluding hydrogens is 429 g/mol. The van der Waals surface area contributed by atoms with Crippen molar-refractivity contribution in [3.05, 3.63) is 76.9 Å². The Kier molecular flexibility index (Phi) is 6.06. The first kappa shape index (κ1) is 22.7. The Morgan fingerprint density at radius 2 is 1.73 bits per heavy atom. The first-order valence-corrected chi connectivity index (χ1v) is 10.9. The van der Waals surface area contributed by atoms with Crippen LogP contribution in [0.4, 0.5) is 13.2 Å². The molecule has 0 saturated heterocycles. The number of phenols is 1. The summed E-state index contributed by atoms with van der Waals surface area (Å²) in [6, 6.07) is 13.9. The Morgan fingerprint density at radius 1 is 0.970 bits per heavy atom. The van der Waals surface area contributed by atoms with Gasteiger partial charge in [-0.15, -0.1) is 0 Å². The van der Waals surface area contributed by atoms with E-state index in [1.165, 1.54) is 6.07 Å². The zero-order chi connectivity index (χ0) is 23.8. The van der Waals surface area contributed by atoms with E-state index in [0.29, 0.717) is 27.4 Å². The molecule has 3 aromatic carbocycles. The van der Waals surface area contributed by atoms with E-state index < -0.39 is 17.6 Å². The number of alkyl halides is 3. The summed E-state index contributed by atoms with van der Waals surface area (Å²) >= 11 is 0. The Labute approximate surface area is 189 Å². The molecule has 0 aliphatic carbocycles. The number of fused-ring (bicyclic) bond motifs is 3. The van der Waals surface area contributed by atoms with E-state index in [0.717, 1.165) is 43.4 Å². The van der Waals surface area contributed by atoms with Gasteiger partial charge in [0.05, 0.1) is 22.0 Å². The van der Waals surface area contributed by atoms with Gasteiger partial charge in [-0.3, -0.25) is 4.79 Å². The molecule has 0 aliphatic rings. The normalized spacial score (nSPS) is 12.0. The van der Waals surface area contributed by atoms with Gasteiger partial charge in [-0.05, 0) is 60.4 Å². The number of benzene rings is 3. The van der Waals surface area contributed by atoms with E-state index in [1.54, 1.807) is 30.3 Å². The van der Waals surface area contributed by atoms with Gasteiger partial charge in [0.15, 0.2) is 0 Å². The molecule has 0 aliphatic heterocycles. The summed E-state index contributed by atoms with van der Waals surface area (Å²) in [6.07, 6.45) is -0.600. The van der Waals surface area contributed by atoms with Crippen LogP contribution in [0.5, 0.6) is 5.75 Å². The summed E-state index contributed by atoms with van der Waals surface area (Å²) < 4.78 is 41.6. The minimum Gasteiger partial charge on any atom is -0.507 e. The molecule has 33 heavy (non-hydrogen) atoms. The Morgan fingerprint density at radius 3 is 2.42 bits per heavy atom. The molecule has 0 unspecified atom stereocenters. The summed E-state index contributed by atoms with van der Waals surface area (Å²) in [7, 11) is 0. The molecular formula is C26H25F3N2O2. The van der Waals surface area contributed by atoms with E-state index in [-0.39, 0.29) is 17.9 Å². The van der Waals surface area contributed by atoms with Crippen molar-refractivity contribution < 1.29 is 23.1 Å². The zero-order valence-electron chi connectivity index (χ0n) is 18.2. The molecule has 0 atom stereocenters. The van der Waals surface area contributed by atoms with Crippen molar-refractivity contribution in [2.75, 3.05) is 0 Å². The number of halogens is 3. The van der Waals surface area contributed by atoms with Gasteiger partial charge >= 0.3 is 6.18 Å². The van der Waals surface area contributed by atoms with Gasteiger partial charge in [0.25, 0.3) is 0 Å². The lowest BCUT2D eigenvalue weighted by atomic mass is 10.0. The molecule has 1 aromatic heterocycles. The number of carbonyl (C=O) groups is 1. The number of aryl methyl sites for hydroxylation is 1. The number of unbranched alkanes of at least 4 members (excludes halogenated alkanes) is 2. The van der Waals surface area contributed by atoms with Gasteiger partial charge < -0.3 is 15.4 Å². The molecule has 4 rings (SSSR count). The standard InChI is InChI=1S/C26H25F3N2O2/c1-2-3-4-7-16-13-21-24(22(32)14-16)23-19(25(30)33)10-6-11-20(23)31(21)15-17-8-5-9-18(12-17)26(27,28)29/h5-6,8-14,32H,2-4,7,15H2,1H3,(H2,30,33). The lowest BCUT2D eigenvalue weighted by Crippen LogP contribution is -2.11. The number of phenolic OH excluding ortho intramolecular Hbond substituents is 1. The minimum atomic E-state index is -4.44. The second-order valence-electron chi connectivity index (χ2n) is 8.31. The molecule has 1 heterocycles. The van der Waals surface area contributed by atoms with Crippen molar-refractivity contribution in [3.63, 3.8) is 0 Å². The fourth-order valence-electron chi connectivity index (χ4n) is 4.42. The second-order valence-corrected chi connectivity index (χ2v) is 8.31. The number of aromatic hydroxyl groups is 1. The smallest absolute Gasteiger partial charge is 0.416 e. The van der Waals surface area contributed by atoms with Gasteiger partial charge in [-0.1, -0.05) is 38.0 Å². The highest BCUT2D eigenvalue weighted by atomic mass is 19.4. The third-order valence-electron chi connectivity index (χ3n) is 5.96. The lowest BCUT2D eigenvalue weighted by Gasteiger charge is -2.12. The summed E-state index contributed by atoms with van der Waals surface area (Å²) in [5.41, 5.74) is 7.82. The molecule has 0 fully saturated rings. The van der Waals surface area contributed by atoms with E-state index in [1.807, 2.05) is 10.6 Å². The summed E-state index contributed by atoms with van der Waals surface area (Å²) in [6.45, 7) is 2.25. The highest BCUT2D eigenvalue weighted by Crippen LogP contribution is 2.39. The first-order valence-electron chi connectivity index (χ1n) is 10.9. The number of amides is 1. The van der Waals surface area contributed by atoms with Gasteiger partial charge in [-0.25, -0.2) is 0 Å². The Hall–Kier alpha value is -3.48. The summed E-state index contributed by atoms with van der Waals surface area (Å²) in [4.78, 5) is 12.1. The molecule has 4 aromatic rings. The predicted octanol–water partition coefficient (Wildman–Crippen LogP) is 6.40. The van der Waals surface area contributed by atoms with Crippen LogP contribution in [-0.2, 0) is 19.1 Å². The van der Waals surface area contributed by atoms with E-state index in [2.05, 4.69) is 6.92 Å². The number of hydrogen-bond donors (Lipinski definition) is 2. The van der Waals surface area contributed by atoms with Gasteiger partial charge in [-0.2, -0.15) is 13.2 Å². The number of rotatable bonds is 7. The molecule has 0 bridgehead atoms.